The van der Waals surface area contributed by atoms with Gasteiger partial charge >= 0.3 is 0 Å². The minimum absolute atomic E-state index is 0.150. The fourth-order valence-electron chi connectivity index (χ4n) is 2.32. The van der Waals surface area contributed by atoms with Crippen LogP contribution in [-0.4, -0.2) is 46.3 Å². The average molecular weight is 231 g/mol. The van der Waals surface area contributed by atoms with Crippen molar-refractivity contribution in [1.82, 2.24) is 5.32 Å². The molecule has 1 fully saturated rings. The maximum atomic E-state index is 5.37. The lowest BCUT2D eigenvalue weighted by molar-refractivity contribution is -0.127. The van der Waals surface area contributed by atoms with Gasteiger partial charge in [-0.15, -0.1) is 0 Å². The van der Waals surface area contributed by atoms with E-state index in [1.54, 1.807) is 14.2 Å². The summed E-state index contributed by atoms with van der Waals surface area (Å²) in [4.78, 5) is 0. The fraction of sp³-hybridized carbons (Fsp3) is 1.00. The first kappa shape index (κ1) is 13.9. The Morgan fingerprint density at radius 1 is 1.25 bits per heavy atom. The number of rotatable bonds is 7. The zero-order chi connectivity index (χ0) is 11.8. The highest BCUT2D eigenvalue weighted by molar-refractivity contribution is 4.76. The molecule has 1 atom stereocenters. The van der Waals surface area contributed by atoms with Crippen LogP contribution >= 0.6 is 0 Å². The molecule has 0 aromatic carbocycles. The molecule has 1 aliphatic heterocycles. The number of hydrogen-bond donors (Lipinski definition) is 1. The van der Waals surface area contributed by atoms with Crippen LogP contribution in [0.5, 0.6) is 0 Å². The Kier molecular flexibility index (Phi) is 6.96. The lowest BCUT2D eigenvalue weighted by Gasteiger charge is -2.30. The maximum absolute atomic E-state index is 5.37. The van der Waals surface area contributed by atoms with E-state index in [1.165, 1.54) is 0 Å². The molecular formula is C12H25NO3. The third kappa shape index (κ3) is 4.37. The van der Waals surface area contributed by atoms with Crippen molar-refractivity contribution in [2.24, 2.45) is 5.92 Å². The van der Waals surface area contributed by atoms with Gasteiger partial charge in [0.2, 0.25) is 0 Å². The van der Waals surface area contributed by atoms with E-state index in [0.717, 1.165) is 44.9 Å². The van der Waals surface area contributed by atoms with E-state index >= 15 is 0 Å². The quantitative estimate of drug-likeness (QED) is 0.672. The molecule has 1 heterocycles. The van der Waals surface area contributed by atoms with Gasteiger partial charge in [-0.05, 0) is 31.7 Å². The molecule has 96 valence electrons. The fourth-order valence-corrected chi connectivity index (χ4v) is 2.32. The normalized spacial score (nSPS) is 20.2. The van der Waals surface area contributed by atoms with Crippen LogP contribution in [-0.2, 0) is 14.2 Å². The van der Waals surface area contributed by atoms with E-state index in [2.05, 4.69) is 12.2 Å². The highest BCUT2D eigenvalue weighted by Gasteiger charge is 2.25. The van der Waals surface area contributed by atoms with E-state index in [1.807, 2.05) is 0 Å². The molecule has 0 radical (unpaired) electrons. The van der Waals surface area contributed by atoms with Crippen LogP contribution < -0.4 is 5.32 Å². The molecule has 0 aromatic rings. The number of ether oxygens (including phenoxy) is 3. The summed E-state index contributed by atoms with van der Waals surface area (Å²) in [6.07, 6.45) is 3.26. The summed E-state index contributed by atoms with van der Waals surface area (Å²) in [7, 11) is 3.39. The average Bonchev–Trinajstić information content (AvgIpc) is 2.32. The van der Waals surface area contributed by atoms with Crippen molar-refractivity contribution in [3.63, 3.8) is 0 Å². The Balaban J connectivity index is 2.41. The second-order valence-electron chi connectivity index (χ2n) is 4.30. The first-order valence-electron chi connectivity index (χ1n) is 6.18. The summed E-state index contributed by atoms with van der Waals surface area (Å²) in [5.74, 6) is 0.727. The molecule has 1 unspecified atom stereocenters. The lowest BCUT2D eigenvalue weighted by Crippen LogP contribution is -2.43. The molecule has 0 amide bonds. The summed E-state index contributed by atoms with van der Waals surface area (Å²) in [6, 6.07) is 0.281. The molecule has 0 aliphatic carbocycles. The van der Waals surface area contributed by atoms with E-state index in [9.17, 15) is 0 Å². The Morgan fingerprint density at radius 2 is 1.88 bits per heavy atom. The van der Waals surface area contributed by atoms with Crippen LogP contribution in [0.25, 0.3) is 0 Å². The Bertz CT molecular complexity index is 168. The third-order valence-electron chi connectivity index (χ3n) is 3.19. The van der Waals surface area contributed by atoms with Crippen LogP contribution in [0.4, 0.5) is 0 Å². The lowest BCUT2D eigenvalue weighted by atomic mass is 9.92. The van der Waals surface area contributed by atoms with Gasteiger partial charge in [0, 0.05) is 27.4 Å². The highest BCUT2D eigenvalue weighted by atomic mass is 16.7. The first-order chi connectivity index (χ1) is 7.81. The number of hydrogen-bond acceptors (Lipinski definition) is 4. The van der Waals surface area contributed by atoms with E-state index in [4.69, 9.17) is 14.2 Å². The van der Waals surface area contributed by atoms with Crippen molar-refractivity contribution in [3.05, 3.63) is 0 Å². The molecule has 0 saturated carbocycles. The highest BCUT2D eigenvalue weighted by Crippen LogP contribution is 2.22. The van der Waals surface area contributed by atoms with E-state index in [0.29, 0.717) is 0 Å². The van der Waals surface area contributed by atoms with Crippen molar-refractivity contribution in [2.45, 2.75) is 38.5 Å². The molecule has 1 saturated heterocycles. The SMILES string of the molecule is CCNC(CC1CCOCC1)C(OC)OC. The molecule has 1 N–H and O–H groups in total. The predicted octanol–water partition coefficient (Wildman–Crippen LogP) is 1.40. The number of likely N-dealkylation sites (N-methyl/N-ethyl adjacent to an activating group) is 1. The van der Waals surface area contributed by atoms with Gasteiger partial charge in [-0.25, -0.2) is 0 Å². The standard InChI is InChI=1S/C12H25NO3/c1-4-13-11(12(14-2)15-3)9-10-5-7-16-8-6-10/h10-13H,4-9H2,1-3H3. The van der Waals surface area contributed by atoms with Gasteiger partial charge in [0.05, 0.1) is 6.04 Å². The molecular weight excluding hydrogens is 206 g/mol. The summed E-state index contributed by atoms with van der Waals surface area (Å²) in [5, 5.41) is 3.44. The molecule has 16 heavy (non-hydrogen) atoms. The summed E-state index contributed by atoms with van der Waals surface area (Å²) < 4.78 is 16.1. The van der Waals surface area contributed by atoms with Crippen LogP contribution in [0, 0.1) is 5.92 Å². The van der Waals surface area contributed by atoms with Crippen molar-refractivity contribution in [3.8, 4) is 0 Å². The molecule has 0 aromatic heterocycles. The Labute approximate surface area is 98.6 Å². The largest absolute Gasteiger partial charge is 0.381 e. The summed E-state index contributed by atoms with van der Waals surface area (Å²) >= 11 is 0. The second kappa shape index (κ2) is 8.01. The van der Waals surface area contributed by atoms with Crippen molar-refractivity contribution in [1.29, 1.82) is 0 Å². The molecule has 0 spiro atoms. The molecule has 4 heteroatoms. The van der Waals surface area contributed by atoms with Crippen LogP contribution in [0.3, 0.4) is 0 Å². The van der Waals surface area contributed by atoms with Gasteiger partial charge in [-0.1, -0.05) is 6.92 Å². The third-order valence-corrected chi connectivity index (χ3v) is 3.19. The van der Waals surface area contributed by atoms with Crippen molar-refractivity contribution in [2.75, 3.05) is 34.0 Å². The van der Waals surface area contributed by atoms with Crippen LogP contribution in [0.15, 0.2) is 0 Å². The Morgan fingerprint density at radius 3 is 2.38 bits per heavy atom. The van der Waals surface area contributed by atoms with Gasteiger partial charge < -0.3 is 19.5 Å². The first-order valence-corrected chi connectivity index (χ1v) is 6.18. The topological polar surface area (TPSA) is 39.7 Å². The van der Waals surface area contributed by atoms with Gasteiger partial charge in [-0.3, -0.25) is 0 Å². The molecule has 1 aliphatic rings. The van der Waals surface area contributed by atoms with Crippen LogP contribution in [0.1, 0.15) is 26.2 Å². The summed E-state index contributed by atoms with van der Waals surface area (Å²) in [5.41, 5.74) is 0. The smallest absolute Gasteiger partial charge is 0.171 e. The molecule has 0 bridgehead atoms. The minimum Gasteiger partial charge on any atom is -0.381 e. The van der Waals surface area contributed by atoms with E-state index < -0.39 is 0 Å². The monoisotopic (exact) mass is 231 g/mol. The molecule has 4 nitrogen and oxygen atoms in total. The number of methoxy groups -OCH3 is 2. The zero-order valence-electron chi connectivity index (χ0n) is 10.7. The zero-order valence-corrected chi connectivity index (χ0v) is 10.7. The summed E-state index contributed by atoms with van der Waals surface area (Å²) in [6.45, 7) is 4.85. The number of nitrogens with one attached hydrogen (secondary N) is 1. The van der Waals surface area contributed by atoms with Gasteiger partial charge in [0.1, 0.15) is 0 Å². The molecule has 1 rings (SSSR count). The van der Waals surface area contributed by atoms with Crippen molar-refractivity contribution >= 4 is 0 Å². The van der Waals surface area contributed by atoms with Crippen LogP contribution in [0.2, 0.25) is 0 Å². The van der Waals surface area contributed by atoms with Gasteiger partial charge in [-0.2, -0.15) is 0 Å². The minimum atomic E-state index is -0.150. The Hall–Kier alpha value is -0.160. The van der Waals surface area contributed by atoms with Gasteiger partial charge in [0.25, 0.3) is 0 Å². The van der Waals surface area contributed by atoms with Crippen molar-refractivity contribution < 1.29 is 14.2 Å². The van der Waals surface area contributed by atoms with Gasteiger partial charge in [0.15, 0.2) is 6.29 Å². The van der Waals surface area contributed by atoms with E-state index in [-0.39, 0.29) is 12.3 Å². The predicted molar refractivity (Wildman–Crippen MR) is 63.4 cm³/mol. The maximum Gasteiger partial charge on any atom is 0.171 e. The second-order valence-corrected chi connectivity index (χ2v) is 4.30.